The van der Waals surface area contributed by atoms with E-state index >= 15 is 0 Å². The minimum atomic E-state index is 1.13. The largest absolute Gasteiger partial charge is 0.316 e. The summed E-state index contributed by atoms with van der Waals surface area (Å²) in [7, 11) is 0. The van der Waals surface area contributed by atoms with E-state index in [0.717, 1.165) is 5.69 Å². The van der Waals surface area contributed by atoms with Crippen molar-refractivity contribution >= 4 is 75.5 Å². The van der Waals surface area contributed by atoms with Gasteiger partial charge in [0, 0.05) is 22.8 Å². The van der Waals surface area contributed by atoms with Gasteiger partial charge in [-0.25, -0.2) is 0 Å². The Morgan fingerprint density at radius 1 is 0.203 bits per heavy atom. The molecule has 0 fully saturated rings. The Hall–Kier alpha value is -9.04. The summed E-state index contributed by atoms with van der Waals surface area (Å²) in [4.78, 5) is 0. The molecule has 0 spiro atoms. The maximum atomic E-state index is 2.38. The predicted octanol–water partition coefficient (Wildman–Crippen LogP) is 18.9. The van der Waals surface area contributed by atoms with Crippen molar-refractivity contribution in [3.63, 3.8) is 0 Å². The van der Waals surface area contributed by atoms with E-state index < -0.39 is 0 Å². The molecule has 0 saturated heterocycles. The first kappa shape index (κ1) is 39.2. The van der Waals surface area contributed by atoms with E-state index in [4.69, 9.17) is 0 Å². The highest BCUT2D eigenvalue weighted by atomic mass is 15.0. The van der Waals surface area contributed by atoms with Crippen molar-refractivity contribution in [2.45, 2.75) is 0 Å². The van der Waals surface area contributed by atoms with Crippen molar-refractivity contribution < 1.29 is 0 Å². The molecule has 14 rings (SSSR count). The van der Waals surface area contributed by atoms with E-state index in [2.05, 4.69) is 266 Å². The Morgan fingerprint density at radius 3 is 1.16 bits per heavy atom. The van der Waals surface area contributed by atoms with Crippen molar-refractivity contribution in [2.24, 2.45) is 0 Å². The molecule has 0 radical (unpaired) electrons. The molecule has 0 atom stereocenters. The molecule has 0 N–H and O–H groups in total. The number of rotatable bonds is 6. The average molecular weight is 874 g/mol. The zero-order chi connectivity index (χ0) is 45.4. The second-order valence-corrected chi connectivity index (χ2v) is 18.5. The third kappa shape index (κ3) is 6.62. The van der Waals surface area contributed by atoms with E-state index in [9.17, 15) is 0 Å². The van der Waals surface area contributed by atoms with Crippen LogP contribution in [0.15, 0.2) is 261 Å². The number of hydrogen-bond acceptors (Lipinski definition) is 0. The van der Waals surface area contributed by atoms with Gasteiger partial charge in [-0.2, -0.15) is 0 Å². The van der Waals surface area contributed by atoms with Gasteiger partial charge in [0.1, 0.15) is 0 Å². The predicted molar refractivity (Wildman–Crippen MR) is 295 cm³/mol. The van der Waals surface area contributed by atoms with Gasteiger partial charge in [0.05, 0.1) is 5.52 Å². The van der Waals surface area contributed by atoms with Crippen LogP contribution in [0.4, 0.5) is 0 Å². The summed E-state index contributed by atoms with van der Waals surface area (Å²) in [5, 5.41) is 16.5. The van der Waals surface area contributed by atoms with E-state index in [0.29, 0.717) is 0 Å². The molecule has 0 aliphatic carbocycles. The number of aromatic nitrogens is 1. The Labute approximate surface area is 400 Å². The lowest BCUT2D eigenvalue weighted by molar-refractivity contribution is 1.13. The van der Waals surface area contributed by atoms with Crippen LogP contribution in [0.2, 0.25) is 0 Å². The van der Waals surface area contributed by atoms with Gasteiger partial charge in [0.25, 0.3) is 0 Å². The zero-order valence-corrected chi connectivity index (χ0v) is 37.8. The molecule has 1 heteroatoms. The first-order chi connectivity index (χ1) is 34.2. The number of fused-ring (bicyclic) bond motifs is 10. The smallest absolute Gasteiger partial charge is 0.0535 e. The lowest BCUT2D eigenvalue weighted by atomic mass is 9.93. The third-order valence-corrected chi connectivity index (χ3v) is 14.6. The lowest BCUT2D eigenvalue weighted by Crippen LogP contribution is -1.92. The molecular formula is C68H43N. The van der Waals surface area contributed by atoms with Gasteiger partial charge in [-0.05, 0) is 157 Å². The van der Waals surface area contributed by atoms with Crippen LogP contribution in [0.1, 0.15) is 0 Å². The Morgan fingerprint density at radius 2 is 0.580 bits per heavy atom. The highest BCUT2D eigenvalue weighted by molar-refractivity contribution is 6.14. The first-order valence-electron chi connectivity index (χ1n) is 23.9. The molecule has 0 saturated carbocycles. The summed E-state index contributed by atoms with van der Waals surface area (Å²) >= 11 is 0. The van der Waals surface area contributed by atoms with Crippen LogP contribution in [-0.4, -0.2) is 4.57 Å². The van der Waals surface area contributed by atoms with Crippen LogP contribution in [0.5, 0.6) is 0 Å². The highest BCUT2D eigenvalue weighted by Gasteiger charge is 2.16. The SMILES string of the molecule is c1ccc2c(c1)ccc1cc(-c3ccc(-c4ccc5c(c4)c(-c4ccc(-c6ccc7c(ccc8ccccc87)c6)cc4)cn5-c4ccc(-c5cc6ccccc6c6ccccc56)cc4)cc3)ccc12. The van der Waals surface area contributed by atoms with Crippen molar-refractivity contribution in [1.29, 1.82) is 0 Å². The van der Waals surface area contributed by atoms with E-state index in [1.807, 2.05) is 0 Å². The minimum Gasteiger partial charge on any atom is -0.316 e. The molecule has 0 bridgehead atoms. The zero-order valence-electron chi connectivity index (χ0n) is 37.8. The molecule has 1 nitrogen and oxygen atoms in total. The van der Waals surface area contributed by atoms with Gasteiger partial charge >= 0.3 is 0 Å². The van der Waals surface area contributed by atoms with Crippen LogP contribution >= 0.6 is 0 Å². The van der Waals surface area contributed by atoms with Crippen LogP contribution in [0.25, 0.3) is 137 Å². The van der Waals surface area contributed by atoms with E-state index in [1.165, 1.54) is 131 Å². The summed E-state index contributed by atoms with van der Waals surface area (Å²) in [6, 6.07) is 94.1. The Kier molecular flexibility index (Phi) is 8.97. The second kappa shape index (κ2) is 15.8. The fourth-order valence-corrected chi connectivity index (χ4v) is 11.0. The van der Waals surface area contributed by atoms with Crippen molar-refractivity contribution in [2.75, 3.05) is 0 Å². The molecular weight excluding hydrogens is 831 g/mol. The molecule has 0 aliphatic heterocycles. The highest BCUT2D eigenvalue weighted by Crippen LogP contribution is 2.40. The summed E-state index contributed by atoms with van der Waals surface area (Å²) in [6.07, 6.45) is 2.33. The van der Waals surface area contributed by atoms with Gasteiger partial charge in [-0.3, -0.25) is 0 Å². The van der Waals surface area contributed by atoms with Crippen molar-refractivity contribution in [3.05, 3.63) is 261 Å². The summed E-state index contributed by atoms with van der Waals surface area (Å²) in [5.74, 6) is 0. The monoisotopic (exact) mass is 873 g/mol. The van der Waals surface area contributed by atoms with Crippen LogP contribution < -0.4 is 0 Å². The normalized spacial score (nSPS) is 11.8. The standard InChI is InChI=1S/C68H43N/c1-4-12-58-47(9-1)25-27-55-39-51(31-36-61(55)58)44-17-19-46(20-18-44)53-33-38-68-66(41-53)67(50-23-21-45(22-24-50)52-32-37-62-56(40-52)28-26-48-10-2-5-13-59(48)62)43-69(68)57-34-29-49(30-35-57)65-42-54-11-3-6-14-60(54)63-15-7-8-16-64(63)65/h1-43H. The maximum absolute atomic E-state index is 2.38. The quantitative estimate of drug-likeness (QED) is 0.147. The molecule has 14 aromatic rings. The summed E-state index contributed by atoms with van der Waals surface area (Å²) < 4.78 is 2.37. The van der Waals surface area contributed by atoms with Gasteiger partial charge < -0.3 is 4.57 Å². The van der Waals surface area contributed by atoms with Crippen LogP contribution in [-0.2, 0) is 0 Å². The molecule has 0 unspecified atom stereocenters. The molecule has 0 aliphatic rings. The molecule has 0 amide bonds. The Bertz CT molecular complexity index is 4320. The fourth-order valence-electron chi connectivity index (χ4n) is 11.0. The molecule has 69 heavy (non-hydrogen) atoms. The lowest BCUT2D eigenvalue weighted by Gasteiger charge is -2.12. The van der Waals surface area contributed by atoms with E-state index in [1.54, 1.807) is 0 Å². The second-order valence-electron chi connectivity index (χ2n) is 18.5. The minimum absolute atomic E-state index is 1.13. The van der Waals surface area contributed by atoms with E-state index in [-0.39, 0.29) is 0 Å². The van der Waals surface area contributed by atoms with Gasteiger partial charge in [-0.15, -0.1) is 0 Å². The molecule has 320 valence electrons. The van der Waals surface area contributed by atoms with Gasteiger partial charge in [-0.1, -0.05) is 212 Å². The topological polar surface area (TPSA) is 4.93 Å². The Balaban J connectivity index is 0.849. The number of benzene rings is 13. The summed E-state index contributed by atoms with van der Waals surface area (Å²) in [6.45, 7) is 0. The maximum Gasteiger partial charge on any atom is 0.0535 e. The van der Waals surface area contributed by atoms with Crippen molar-refractivity contribution in [1.82, 2.24) is 4.57 Å². The van der Waals surface area contributed by atoms with Gasteiger partial charge in [0.2, 0.25) is 0 Å². The third-order valence-electron chi connectivity index (χ3n) is 14.6. The summed E-state index contributed by atoms with van der Waals surface area (Å²) in [5.41, 5.74) is 14.4. The van der Waals surface area contributed by atoms with Gasteiger partial charge in [0.15, 0.2) is 0 Å². The van der Waals surface area contributed by atoms with Crippen LogP contribution in [0, 0.1) is 0 Å². The molecule has 13 aromatic carbocycles. The number of nitrogens with zero attached hydrogens (tertiary/aromatic N) is 1. The fraction of sp³-hybridized carbons (Fsp3) is 0. The first-order valence-corrected chi connectivity index (χ1v) is 23.9. The average Bonchev–Trinajstić information content (AvgIpc) is 3.81. The van der Waals surface area contributed by atoms with Crippen molar-refractivity contribution in [3.8, 4) is 61.3 Å². The molecule has 1 heterocycles. The van der Waals surface area contributed by atoms with Crippen LogP contribution in [0.3, 0.4) is 0 Å². The number of hydrogen-bond donors (Lipinski definition) is 0. The molecule has 1 aromatic heterocycles.